The van der Waals surface area contributed by atoms with Crippen LogP contribution < -0.4 is 0 Å². The van der Waals surface area contributed by atoms with E-state index in [-0.39, 0.29) is 5.41 Å². The molecule has 0 aromatic carbocycles. The van der Waals surface area contributed by atoms with Crippen LogP contribution in [0, 0.1) is 5.41 Å². The SMILES string of the molecule is OCC1(CCc2cccs2)CCCC1. The summed E-state index contributed by atoms with van der Waals surface area (Å²) in [6.07, 6.45) is 7.40. The highest BCUT2D eigenvalue weighted by molar-refractivity contribution is 7.09. The van der Waals surface area contributed by atoms with Gasteiger partial charge in [0.15, 0.2) is 0 Å². The van der Waals surface area contributed by atoms with Crippen LogP contribution in [0.3, 0.4) is 0 Å². The van der Waals surface area contributed by atoms with Gasteiger partial charge in [-0.1, -0.05) is 18.9 Å². The van der Waals surface area contributed by atoms with Crippen molar-refractivity contribution in [2.24, 2.45) is 5.41 Å². The summed E-state index contributed by atoms with van der Waals surface area (Å²) in [6, 6.07) is 4.31. The van der Waals surface area contributed by atoms with E-state index in [9.17, 15) is 5.11 Å². The standard InChI is InChI=1S/C12H18OS/c13-10-12(6-1-2-7-12)8-5-11-4-3-9-14-11/h3-4,9,13H,1-2,5-8,10H2. The van der Waals surface area contributed by atoms with Crippen LogP contribution in [0.15, 0.2) is 17.5 Å². The molecule has 0 amide bonds. The van der Waals surface area contributed by atoms with Crippen LogP contribution in [0.1, 0.15) is 37.0 Å². The summed E-state index contributed by atoms with van der Waals surface area (Å²) in [5, 5.41) is 11.6. The molecular weight excluding hydrogens is 192 g/mol. The third kappa shape index (κ3) is 2.18. The molecule has 0 spiro atoms. The molecule has 0 saturated heterocycles. The number of aryl methyl sites for hydroxylation is 1. The molecular formula is C12H18OS. The predicted octanol–water partition coefficient (Wildman–Crippen LogP) is 3.23. The maximum absolute atomic E-state index is 9.45. The van der Waals surface area contributed by atoms with Crippen LogP contribution in [0.2, 0.25) is 0 Å². The molecule has 14 heavy (non-hydrogen) atoms. The van der Waals surface area contributed by atoms with E-state index in [1.165, 1.54) is 37.0 Å². The van der Waals surface area contributed by atoms with Crippen molar-refractivity contribution in [2.75, 3.05) is 6.61 Å². The van der Waals surface area contributed by atoms with Gasteiger partial charge in [0.25, 0.3) is 0 Å². The van der Waals surface area contributed by atoms with Gasteiger partial charge in [-0.25, -0.2) is 0 Å². The minimum Gasteiger partial charge on any atom is -0.396 e. The Balaban J connectivity index is 1.89. The van der Waals surface area contributed by atoms with Crippen LogP contribution in [0.25, 0.3) is 0 Å². The maximum atomic E-state index is 9.45. The molecule has 2 heteroatoms. The van der Waals surface area contributed by atoms with E-state index >= 15 is 0 Å². The van der Waals surface area contributed by atoms with Crippen molar-refractivity contribution < 1.29 is 5.11 Å². The second-order valence-corrected chi connectivity index (χ2v) is 5.48. The molecule has 2 rings (SSSR count). The van der Waals surface area contributed by atoms with E-state index in [1.807, 2.05) is 11.3 Å². The zero-order valence-electron chi connectivity index (χ0n) is 8.54. The fraction of sp³-hybridized carbons (Fsp3) is 0.667. The summed E-state index contributed by atoms with van der Waals surface area (Å²) in [4.78, 5) is 1.46. The number of aliphatic hydroxyl groups is 1. The fourth-order valence-corrected chi connectivity index (χ4v) is 3.16. The number of rotatable bonds is 4. The van der Waals surface area contributed by atoms with Gasteiger partial charge in [0.1, 0.15) is 0 Å². The van der Waals surface area contributed by atoms with Crippen LogP contribution in [-0.4, -0.2) is 11.7 Å². The molecule has 0 radical (unpaired) electrons. The molecule has 1 fully saturated rings. The van der Waals surface area contributed by atoms with Crippen LogP contribution in [0.5, 0.6) is 0 Å². The Kier molecular flexibility index (Phi) is 3.24. The van der Waals surface area contributed by atoms with E-state index in [4.69, 9.17) is 0 Å². The van der Waals surface area contributed by atoms with E-state index in [0.717, 1.165) is 6.42 Å². The van der Waals surface area contributed by atoms with Gasteiger partial charge < -0.3 is 5.11 Å². The molecule has 78 valence electrons. The lowest BCUT2D eigenvalue weighted by atomic mass is 9.82. The smallest absolute Gasteiger partial charge is 0.0487 e. The van der Waals surface area contributed by atoms with Crippen LogP contribution in [-0.2, 0) is 6.42 Å². The molecule has 1 heterocycles. The Bertz CT molecular complexity index is 260. The summed E-state index contributed by atoms with van der Waals surface area (Å²) in [5.41, 5.74) is 0.268. The van der Waals surface area contributed by atoms with Crippen molar-refractivity contribution >= 4 is 11.3 Å². The molecule has 0 bridgehead atoms. The van der Waals surface area contributed by atoms with E-state index < -0.39 is 0 Å². The van der Waals surface area contributed by atoms with Crippen molar-refractivity contribution in [3.63, 3.8) is 0 Å². The molecule has 1 saturated carbocycles. The first kappa shape index (κ1) is 10.2. The number of thiophene rings is 1. The highest BCUT2D eigenvalue weighted by Gasteiger charge is 2.32. The van der Waals surface area contributed by atoms with Gasteiger partial charge in [-0.3, -0.25) is 0 Å². The van der Waals surface area contributed by atoms with Crippen LogP contribution in [0.4, 0.5) is 0 Å². The molecule has 1 aliphatic rings. The lowest BCUT2D eigenvalue weighted by Crippen LogP contribution is -2.21. The largest absolute Gasteiger partial charge is 0.396 e. The van der Waals surface area contributed by atoms with Crippen molar-refractivity contribution in [1.82, 2.24) is 0 Å². The van der Waals surface area contributed by atoms with Crippen molar-refractivity contribution in [1.29, 1.82) is 0 Å². The molecule has 0 unspecified atom stereocenters. The second kappa shape index (κ2) is 4.45. The van der Waals surface area contributed by atoms with Crippen molar-refractivity contribution in [3.8, 4) is 0 Å². The average molecular weight is 210 g/mol. The zero-order chi connectivity index (χ0) is 9.86. The van der Waals surface area contributed by atoms with Gasteiger partial charge >= 0.3 is 0 Å². The Morgan fingerprint density at radius 3 is 2.71 bits per heavy atom. The fourth-order valence-electron chi connectivity index (χ4n) is 2.46. The van der Waals surface area contributed by atoms with Crippen LogP contribution >= 0.6 is 11.3 Å². The summed E-state index contributed by atoms with van der Waals surface area (Å²) >= 11 is 1.83. The summed E-state index contributed by atoms with van der Waals surface area (Å²) in [6.45, 7) is 0.387. The second-order valence-electron chi connectivity index (χ2n) is 4.44. The first-order valence-electron chi connectivity index (χ1n) is 5.48. The highest BCUT2D eigenvalue weighted by atomic mass is 32.1. The van der Waals surface area contributed by atoms with E-state index in [0.29, 0.717) is 6.61 Å². The number of hydrogen-bond donors (Lipinski definition) is 1. The van der Waals surface area contributed by atoms with Gasteiger partial charge in [-0.15, -0.1) is 11.3 Å². The lowest BCUT2D eigenvalue weighted by molar-refractivity contribution is 0.121. The third-order valence-electron chi connectivity index (χ3n) is 3.48. The lowest BCUT2D eigenvalue weighted by Gasteiger charge is -2.25. The summed E-state index contributed by atoms with van der Waals surface area (Å²) < 4.78 is 0. The number of aliphatic hydroxyl groups excluding tert-OH is 1. The first-order valence-corrected chi connectivity index (χ1v) is 6.36. The monoisotopic (exact) mass is 210 g/mol. The zero-order valence-corrected chi connectivity index (χ0v) is 9.35. The van der Waals surface area contributed by atoms with Crippen molar-refractivity contribution in [3.05, 3.63) is 22.4 Å². The van der Waals surface area contributed by atoms with Gasteiger partial charge in [0, 0.05) is 11.5 Å². The van der Waals surface area contributed by atoms with E-state index in [2.05, 4.69) is 17.5 Å². The van der Waals surface area contributed by atoms with Gasteiger partial charge in [0.2, 0.25) is 0 Å². The van der Waals surface area contributed by atoms with Crippen molar-refractivity contribution in [2.45, 2.75) is 38.5 Å². The van der Waals surface area contributed by atoms with Gasteiger partial charge in [-0.05, 0) is 42.5 Å². The molecule has 1 N–H and O–H groups in total. The Morgan fingerprint density at radius 1 is 1.36 bits per heavy atom. The molecule has 0 aliphatic heterocycles. The Hall–Kier alpha value is -0.340. The molecule has 1 aromatic rings. The minimum absolute atomic E-state index is 0.268. The van der Waals surface area contributed by atoms with Gasteiger partial charge in [0.05, 0.1) is 0 Å². The summed E-state index contributed by atoms with van der Waals surface area (Å²) in [7, 11) is 0. The first-order chi connectivity index (χ1) is 6.85. The average Bonchev–Trinajstić information content (AvgIpc) is 2.87. The predicted molar refractivity (Wildman–Crippen MR) is 60.6 cm³/mol. The third-order valence-corrected chi connectivity index (χ3v) is 4.42. The molecule has 1 nitrogen and oxygen atoms in total. The van der Waals surface area contributed by atoms with Gasteiger partial charge in [-0.2, -0.15) is 0 Å². The minimum atomic E-state index is 0.268. The van der Waals surface area contributed by atoms with E-state index in [1.54, 1.807) is 0 Å². The highest BCUT2D eigenvalue weighted by Crippen LogP contribution is 2.41. The molecule has 1 aliphatic carbocycles. The normalized spacial score (nSPS) is 20.1. The number of hydrogen-bond acceptors (Lipinski definition) is 2. The Labute approximate surface area is 89.8 Å². The quantitative estimate of drug-likeness (QED) is 0.809. The molecule has 0 atom stereocenters. The topological polar surface area (TPSA) is 20.2 Å². The Morgan fingerprint density at radius 2 is 2.14 bits per heavy atom. The summed E-state index contributed by atoms with van der Waals surface area (Å²) in [5.74, 6) is 0. The maximum Gasteiger partial charge on any atom is 0.0487 e. The molecule has 1 aromatic heterocycles.